The monoisotopic (exact) mass is 391 g/mol. The van der Waals surface area contributed by atoms with Crippen molar-refractivity contribution >= 4 is 16.7 Å². The Morgan fingerprint density at radius 3 is 1.87 bits per heavy atom. The van der Waals surface area contributed by atoms with E-state index >= 15 is 0 Å². The van der Waals surface area contributed by atoms with E-state index in [1.165, 1.54) is 21.9 Å². The number of amides is 1. The molecule has 5 rings (SSSR count). The predicted molar refractivity (Wildman–Crippen MR) is 122 cm³/mol. The third kappa shape index (κ3) is 3.39. The molecule has 4 aromatic carbocycles. The second kappa shape index (κ2) is 7.79. The van der Waals surface area contributed by atoms with Crippen molar-refractivity contribution in [1.82, 2.24) is 5.32 Å². The van der Waals surface area contributed by atoms with Crippen molar-refractivity contribution in [2.24, 2.45) is 5.92 Å². The van der Waals surface area contributed by atoms with Gasteiger partial charge in [-0.3, -0.25) is 4.79 Å². The molecule has 1 fully saturated rings. The SMILES string of the molecule is C[C@H](NC(=O)C1[C@@H](c2ccccc2)[C@@H]1c1ccccc1)c1cccc2ccccc12. The molecule has 1 saturated carbocycles. The molecule has 0 bridgehead atoms. The molecule has 2 nitrogen and oxygen atoms in total. The first kappa shape index (κ1) is 18.6. The molecule has 30 heavy (non-hydrogen) atoms. The maximum Gasteiger partial charge on any atom is 0.224 e. The van der Waals surface area contributed by atoms with E-state index < -0.39 is 0 Å². The molecule has 0 aromatic heterocycles. The molecule has 0 unspecified atom stereocenters. The first-order valence-electron chi connectivity index (χ1n) is 10.6. The molecule has 2 heteroatoms. The van der Waals surface area contributed by atoms with Crippen molar-refractivity contribution in [3.8, 4) is 0 Å². The van der Waals surface area contributed by atoms with Gasteiger partial charge in [0.25, 0.3) is 0 Å². The molecule has 1 amide bonds. The van der Waals surface area contributed by atoms with Gasteiger partial charge >= 0.3 is 0 Å². The molecule has 0 heterocycles. The van der Waals surface area contributed by atoms with Crippen molar-refractivity contribution in [2.45, 2.75) is 24.8 Å². The molecule has 0 radical (unpaired) electrons. The fourth-order valence-electron chi connectivity index (χ4n) is 4.83. The van der Waals surface area contributed by atoms with Gasteiger partial charge in [0.15, 0.2) is 0 Å². The Balaban J connectivity index is 1.41. The maximum absolute atomic E-state index is 13.4. The van der Waals surface area contributed by atoms with E-state index in [0.29, 0.717) is 0 Å². The number of fused-ring (bicyclic) bond motifs is 1. The zero-order valence-electron chi connectivity index (χ0n) is 17.0. The third-order valence-corrected chi connectivity index (χ3v) is 6.34. The Bertz CT molecular complexity index is 1120. The van der Waals surface area contributed by atoms with Crippen molar-refractivity contribution in [3.05, 3.63) is 120 Å². The lowest BCUT2D eigenvalue weighted by atomic mass is 9.99. The van der Waals surface area contributed by atoms with Gasteiger partial charge < -0.3 is 5.32 Å². The predicted octanol–water partition coefficient (Wildman–Crippen LogP) is 6.21. The molecule has 3 atom stereocenters. The van der Waals surface area contributed by atoms with Crippen LogP contribution in [0, 0.1) is 5.92 Å². The highest BCUT2D eigenvalue weighted by Crippen LogP contribution is 2.60. The van der Waals surface area contributed by atoms with E-state index in [2.05, 4.69) is 103 Å². The molecule has 0 saturated heterocycles. The van der Waals surface area contributed by atoms with Crippen molar-refractivity contribution in [1.29, 1.82) is 0 Å². The fraction of sp³-hybridized carbons (Fsp3) is 0.179. The second-order valence-corrected chi connectivity index (χ2v) is 8.20. The molecular weight excluding hydrogens is 366 g/mol. The molecule has 0 aliphatic heterocycles. The normalized spacial score (nSPS) is 21.2. The Morgan fingerprint density at radius 2 is 1.23 bits per heavy atom. The molecule has 1 N–H and O–H groups in total. The van der Waals surface area contributed by atoms with Crippen LogP contribution in [-0.4, -0.2) is 5.91 Å². The molecule has 1 aliphatic carbocycles. The number of hydrogen-bond donors (Lipinski definition) is 1. The molecular formula is C28H25NO. The van der Waals surface area contributed by atoms with Crippen LogP contribution in [0.5, 0.6) is 0 Å². The number of carbonyl (C=O) groups excluding carboxylic acids is 1. The summed E-state index contributed by atoms with van der Waals surface area (Å²) in [5.74, 6) is 0.562. The van der Waals surface area contributed by atoms with Crippen LogP contribution < -0.4 is 5.32 Å². The Kier molecular flexibility index (Phi) is 4.84. The van der Waals surface area contributed by atoms with Gasteiger partial charge in [0.1, 0.15) is 0 Å². The number of carbonyl (C=O) groups is 1. The average molecular weight is 392 g/mol. The van der Waals surface area contributed by atoms with Crippen LogP contribution in [-0.2, 0) is 4.79 Å². The summed E-state index contributed by atoms with van der Waals surface area (Å²) in [5, 5.41) is 5.71. The summed E-state index contributed by atoms with van der Waals surface area (Å²) in [4.78, 5) is 13.4. The third-order valence-electron chi connectivity index (χ3n) is 6.34. The van der Waals surface area contributed by atoms with E-state index in [9.17, 15) is 4.79 Å². The van der Waals surface area contributed by atoms with Crippen molar-refractivity contribution in [2.75, 3.05) is 0 Å². The minimum Gasteiger partial charge on any atom is -0.349 e. The quantitative estimate of drug-likeness (QED) is 0.430. The molecule has 4 aromatic rings. The highest BCUT2D eigenvalue weighted by atomic mass is 16.2. The average Bonchev–Trinajstić information content (AvgIpc) is 3.56. The highest BCUT2D eigenvalue weighted by Gasteiger charge is 2.56. The largest absolute Gasteiger partial charge is 0.349 e. The van der Waals surface area contributed by atoms with Crippen molar-refractivity contribution in [3.63, 3.8) is 0 Å². The van der Waals surface area contributed by atoms with Gasteiger partial charge in [0, 0.05) is 11.8 Å². The van der Waals surface area contributed by atoms with E-state index in [1.807, 2.05) is 12.1 Å². The smallest absolute Gasteiger partial charge is 0.224 e. The van der Waals surface area contributed by atoms with Gasteiger partial charge in [-0.15, -0.1) is 0 Å². The van der Waals surface area contributed by atoms with Crippen molar-refractivity contribution < 1.29 is 4.79 Å². The van der Waals surface area contributed by atoms with E-state index in [4.69, 9.17) is 0 Å². The standard InChI is InChI=1S/C28H25NO/c1-19(23-18-10-16-20-11-8-9-17-24(20)23)29-28(30)27-25(21-12-4-2-5-13-21)26(27)22-14-6-3-7-15-22/h2-19,25-27H,1H3,(H,29,30)/t19-,25-,26-/m0/s1. The Labute approximate surface area is 177 Å². The van der Waals surface area contributed by atoms with Gasteiger partial charge in [-0.1, -0.05) is 103 Å². The first-order chi connectivity index (χ1) is 14.7. The van der Waals surface area contributed by atoms with Gasteiger partial charge in [0.05, 0.1) is 12.0 Å². The summed E-state index contributed by atoms with van der Waals surface area (Å²) < 4.78 is 0. The summed E-state index contributed by atoms with van der Waals surface area (Å²) in [6.45, 7) is 2.08. The highest BCUT2D eigenvalue weighted by molar-refractivity contribution is 5.88. The zero-order valence-corrected chi connectivity index (χ0v) is 17.0. The van der Waals surface area contributed by atoms with Gasteiger partial charge in [-0.2, -0.15) is 0 Å². The summed E-state index contributed by atoms with van der Waals surface area (Å²) in [5.41, 5.74) is 3.64. The number of rotatable bonds is 5. The Hall–Kier alpha value is -3.39. The summed E-state index contributed by atoms with van der Waals surface area (Å²) in [7, 11) is 0. The summed E-state index contributed by atoms with van der Waals surface area (Å²) in [6.07, 6.45) is 0. The van der Waals surface area contributed by atoms with Crippen LogP contribution in [0.1, 0.15) is 41.5 Å². The lowest BCUT2D eigenvalue weighted by Gasteiger charge is -2.17. The van der Waals surface area contributed by atoms with Gasteiger partial charge in [-0.25, -0.2) is 0 Å². The molecule has 148 valence electrons. The summed E-state index contributed by atoms with van der Waals surface area (Å²) >= 11 is 0. The maximum atomic E-state index is 13.4. The number of nitrogens with one attached hydrogen (secondary N) is 1. The van der Waals surface area contributed by atoms with E-state index in [1.54, 1.807) is 0 Å². The van der Waals surface area contributed by atoms with Crippen LogP contribution in [0.15, 0.2) is 103 Å². The zero-order chi connectivity index (χ0) is 20.5. The fourth-order valence-corrected chi connectivity index (χ4v) is 4.83. The second-order valence-electron chi connectivity index (χ2n) is 8.20. The van der Waals surface area contributed by atoms with E-state index in [0.717, 1.165) is 5.56 Å². The number of hydrogen-bond acceptors (Lipinski definition) is 1. The van der Waals surface area contributed by atoms with E-state index in [-0.39, 0.29) is 29.7 Å². The van der Waals surface area contributed by atoms with Gasteiger partial charge in [-0.05, 0) is 34.4 Å². The minimum absolute atomic E-state index is 0.0350. The van der Waals surface area contributed by atoms with Crippen LogP contribution in [0.25, 0.3) is 10.8 Å². The van der Waals surface area contributed by atoms with Crippen LogP contribution >= 0.6 is 0 Å². The Morgan fingerprint density at radius 1 is 0.700 bits per heavy atom. The van der Waals surface area contributed by atoms with Crippen LogP contribution in [0.2, 0.25) is 0 Å². The lowest BCUT2D eigenvalue weighted by Crippen LogP contribution is -2.29. The summed E-state index contributed by atoms with van der Waals surface area (Å²) in [6, 6.07) is 35.5. The van der Waals surface area contributed by atoms with Crippen LogP contribution in [0.3, 0.4) is 0 Å². The van der Waals surface area contributed by atoms with Gasteiger partial charge in [0.2, 0.25) is 5.91 Å². The minimum atomic E-state index is -0.0444. The lowest BCUT2D eigenvalue weighted by molar-refractivity contribution is -0.123. The number of benzene rings is 4. The molecule has 1 aliphatic rings. The topological polar surface area (TPSA) is 29.1 Å². The van der Waals surface area contributed by atoms with Crippen LogP contribution in [0.4, 0.5) is 0 Å². The first-order valence-corrected chi connectivity index (χ1v) is 10.6. The molecule has 0 spiro atoms.